The van der Waals surface area contributed by atoms with Crippen molar-refractivity contribution in [2.24, 2.45) is 5.92 Å². The Morgan fingerprint density at radius 1 is 1.36 bits per heavy atom. The second-order valence-electron chi connectivity index (χ2n) is 3.45. The zero-order chi connectivity index (χ0) is 10.6. The lowest BCUT2D eigenvalue weighted by atomic mass is 10.1. The summed E-state index contributed by atoms with van der Waals surface area (Å²) in [6, 6.07) is 1.07. The molecule has 14 heavy (non-hydrogen) atoms. The molecule has 0 radical (unpaired) electrons. The zero-order valence-electron chi connectivity index (χ0n) is 8.22. The second-order valence-corrected chi connectivity index (χ2v) is 3.45. The van der Waals surface area contributed by atoms with Crippen molar-refractivity contribution in [1.82, 2.24) is 9.97 Å². The van der Waals surface area contributed by atoms with Crippen LogP contribution in [0, 0.1) is 17.9 Å². The van der Waals surface area contributed by atoms with Gasteiger partial charge < -0.3 is 5.32 Å². The third-order valence-electron chi connectivity index (χ3n) is 1.70. The lowest BCUT2D eigenvalue weighted by Crippen LogP contribution is -2.08. The number of hydrogen-bond donors (Lipinski definition) is 1. The van der Waals surface area contributed by atoms with Crippen LogP contribution in [0.4, 0.5) is 14.6 Å². The first-order valence-electron chi connectivity index (χ1n) is 4.52. The Morgan fingerprint density at radius 2 is 2.07 bits per heavy atom. The Bertz CT molecular complexity index is 282. The van der Waals surface area contributed by atoms with Crippen LogP contribution in [0.5, 0.6) is 0 Å². The summed E-state index contributed by atoms with van der Waals surface area (Å²) in [5.41, 5.74) is 0. The van der Waals surface area contributed by atoms with Crippen LogP contribution in [0.1, 0.15) is 20.3 Å². The topological polar surface area (TPSA) is 37.8 Å². The van der Waals surface area contributed by atoms with Crippen LogP contribution in [-0.4, -0.2) is 16.5 Å². The van der Waals surface area contributed by atoms with Crippen molar-refractivity contribution in [3.8, 4) is 0 Å². The molecule has 0 aromatic carbocycles. The monoisotopic (exact) mass is 201 g/mol. The first-order valence-corrected chi connectivity index (χ1v) is 4.52. The molecule has 1 heterocycles. The van der Waals surface area contributed by atoms with E-state index in [1.54, 1.807) is 0 Å². The van der Waals surface area contributed by atoms with Crippen LogP contribution in [0.3, 0.4) is 0 Å². The van der Waals surface area contributed by atoms with Crippen LogP contribution in [0.2, 0.25) is 0 Å². The maximum Gasteiger partial charge on any atom is 0.313 e. The van der Waals surface area contributed by atoms with E-state index in [1.807, 2.05) is 0 Å². The fourth-order valence-corrected chi connectivity index (χ4v) is 0.969. The summed E-state index contributed by atoms with van der Waals surface area (Å²) in [5, 5.41) is 2.83. The summed E-state index contributed by atoms with van der Waals surface area (Å²) in [4.78, 5) is 6.29. The van der Waals surface area contributed by atoms with E-state index in [-0.39, 0.29) is 5.82 Å². The number of hydrogen-bond acceptors (Lipinski definition) is 3. The van der Waals surface area contributed by atoms with Crippen LogP contribution < -0.4 is 5.32 Å². The molecule has 1 N–H and O–H groups in total. The number of nitrogens with zero attached hydrogens (tertiary/aromatic N) is 2. The van der Waals surface area contributed by atoms with Crippen molar-refractivity contribution in [2.75, 3.05) is 11.9 Å². The van der Waals surface area contributed by atoms with Gasteiger partial charge in [0.05, 0.1) is 0 Å². The first kappa shape index (κ1) is 10.8. The quantitative estimate of drug-likeness (QED) is 0.599. The minimum absolute atomic E-state index is 0.190. The maximum atomic E-state index is 12.6. The standard InChI is InChI=1S/C9H13F2N3/c1-6(2)3-4-12-8-5-7(10)13-9(11)14-8/h5-6H,3-4H2,1-2H3,(H,12,13,14). The van der Waals surface area contributed by atoms with Gasteiger partial charge in [-0.25, -0.2) is 0 Å². The summed E-state index contributed by atoms with van der Waals surface area (Å²) < 4.78 is 25.1. The summed E-state index contributed by atoms with van der Waals surface area (Å²) in [6.45, 7) is 4.79. The highest BCUT2D eigenvalue weighted by molar-refractivity contribution is 5.31. The molecule has 0 amide bonds. The Labute approximate surface area is 81.6 Å². The summed E-state index contributed by atoms with van der Waals surface area (Å²) in [7, 11) is 0. The third-order valence-corrected chi connectivity index (χ3v) is 1.70. The number of aromatic nitrogens is 2. The van der Waals surface area contributed by atoms with Crippen LogP contribution in [0.15, 0.2) is 6.07 Å². The highest BCUT2D eigenvalue weighted by Gasteiger charge is 2.02. The van der Waals surface area contributed by atoms with Crippen molar-refractivity contribution in [3.05, 3.63) is 18.1 Å². The molecule has 0 saturated heterocycles. The second kappa shape index (κ2) is 4.83. The van der Waals surface area contributed by atoms with Crippen molar-refractivity contribution in [3.63, 3.8) is 0 Å². The van der Waals surface area contributed by atoms with E-state index in [4.69, 9.17) is 0 Å². The molecule has 78 valence electrons. The van der Waals surface area contributed by atoms with E-state index in [1.165, 1.54) is 0 Å². The van der Waals surface area contributed by atoms with Gasteiger partial charge in [-0.05, 0) is 12.3 Å². The summed E-state index contributed by atoms with van der Waals surface area (Å²) in [6.07, 6.45) is -0.121. The average Bonchev–Trinajstić information content (AvgIpc) is 2.01. The number of halogens is 2. The molecule has 1 rings (SSSR count). The Kier molecular flexibility index (Phi) is 3.73. The number of anilines is 1. The maximum absolute atomic E-state index is 12.6. The van der Waals surface area contributed by atoms with E-state index >= 15 is 0 Å². The lowest BCUT2D eigenvalue weighted by Gasteiger charge is -2.06. The molecule has 0 fully saturated rings. The minimum Gasteiger partial charge on any atom is -0.370 e. The average molecular weight is 201 g/mol. The van der Waals surface area contributed by atoms with Gasteiger partial charge in [-0.15, -0.1) is 0 Å². The molecule has 0 aliphatic heterocycles. The van der Waals surface area contributed by atoms with Crippen molar-refractivity contribution in [2.45, 2.75) is 20.3 Å². The predicted octanol–water partition coefficient (Wildman–Crippen LogP) is 2.21. The Morgan fingerprint density at radius 3 is 2.64 bits per heavy atom. The first-order chi connectivity index (χ1) is 6.58. The Balaban J connectivity index is 2.50. The molecular formula is C9H13F2N3. The lowest BCUT2D eigenvalue weighted by molar-refractivity contribution is 0.484. The fourth-order valence-electron chi connectivity index (χ4n) is 0.969. The fraction of sp³-hybridized carbons (Fsp3) is 0.556. The molecule has 0 saturated carbocycles. The third kappa shape index (κ3) is 3.64. The van der Waals surface area contributed by atoms with Crippen molar-refractivity contribution in [1.29, 1.82) is 0 Å². The highest BCUT2D eigenvalue weighted by atomic mass is 19.1. The van der Waals surface area contributed by atoms with E-state index in [0.29, 0.717) is 12.5 Å². The van der Waals surface area contributed by atoms with Gasteiger partial charge in [0.15, 0.2) is 0 Å². The van der Waals surface area contributed by atoms with Gasteiger partial charge in [0.25, 0.3) is 0 Å². The van der Waals surface area contributed by atoms with Gasteiger partial charge in [-0.3, -0.25) is 0 Å². The predicted molar refractivity (Wildman–Crippen MR) is 49.9 cm³/mol. The van der Waals surface area contributed by atoms with Crippen LogP contribution in [0.25, 0.3) is 0 Å². The van der Waals surface area contributed by atoms with Gasteiger partial charge in [0, 0.05) is 12.6 Å². The van der Waals surface area contributed by atoms with E-state index in [9.17, 15) is 8.78 Å². The molecule has 0 bridgehead atoms. The van der Waals surface area contributed by atoms with Gasteiger partial charge in [0.2, 0.25) is 5.95 Å². The highest BCUT2D eigenvalue weighted by Crippen LogP contribution is 2.06. The SMILES string of the molecule is CC(C)CCNc1cc(F)nc(F)n1. The summed E-state index contributed by atoms with van der Waals surface area (Å²) in [5.74, 6) is -0.126. The van der Waals surface area contributed by atoms with Gasteiger partial charge in [-0.2, -0.15) is 18.7 Å². The molecule has 0 atom stereocenters. The van der Waals surface area contributed by atoms with Gasteiger partial charge in [0.1, 0.15) is 5.82 Å². The van der Waals surface area contributed by atoms with Crippen molar-refractivity contribution < 1.29 is 8.78 Å². The number of nitrogens with one attached hydrogen (secondary N) is 1. The summed E-state index contributed by atoms with van der Waals surface area (Å²) >= 11 is 0. The largest absolute Gasteiger partial charge is 0.370 e. The zero-order valence-corrected chi connectivity index (χ0v) is 8.22. The molecule has 1 aromatic rings. The molecule has 3 nitrogen and oxygen atoms in total. The molecule has 1 aromatic heterocycles. The van der Waals surface area contributed by atoms with Gasteiger partial charge in [-0.1, -0.05) is 13.8 Å². The van der Waals surface area contributed by atoms with Crippen LogP contribution in [-0.2, 0) is 0 Å². The normalized spacial score (nSPS) is 10.6. The van der Waals surface area contributed by atoms with E-state index in [2.05, 4.69) is 29.1 Å². The van der Waals surface area contributed by atoms with Gasteiger partial charge >= 0.3 is 6.08 Å². The van der Waals surface area contributed by atoms with Crippen LogP contribution >= 0.6 is 0 Å². The molecule has 0 spiro atoms. The minimum atomic E-state index is -1.04. The smallest absolute Gasteiger partial charge is 0.313 e. The molecule has 5 heteroatoms. The number of rotatable bonds is 4. The van der Waals surface area contributed by atoms with E-state index < -0.39 is 12.0 Å². The van der Waals surface area contributed by atoms with E-state index in [0.717, 1.165) is 12.5 Å². The Hall–Kier alpha value is -1.26. The molecule has 0 unspecified atom stereocenters. The molecular weight excluding hydrogens is 188 g/mol. The molecule has 0 aliphatic carbocycles. The van der Waals surface area contributed by atoms with Crippen molar-refractivity contribution >= 4 is 5.82 Å². The molecule has 0 aliphatic rings.